The monoisotopic (exact) mass is 399 g/mol. The lowest BCUT2D eigenvalue weighted by Gasteiger charge is -2.16. The zero-order valence-electron chi connectivity index (χ0n) is 17.5. The Kier molecular flexibility index (Phi) is 5.48. The quantitative estimate of drug-likeness (QED) is 0.490. The molecule has 2 aromatic carbocycles. The van der Waals surface area contributed by atoms with E-state index in [-0.39, 0.29) is 5.91 Å². The predicted octanol–water partition coefficient (Wildman–Crippen LogP) is 4.11. The van der Waals surface area contributed by atoms with Gasteiger partial charge in [0.05, 0.1) is 17.4 Å². The molecule has 4 aromatic rings. The van der Waals surface area contributed by atoms with E-state index < -0.39 is 0 Å². The van der Waals surface area contributed by atoms with Crippen LogP contribution in [0.15, 0.2) is 73.2 Å². The van der Waals surface area contributed by atoms with Gasteiger partial charge in [0.2, 0.25) is 0 Å². The van der Waals surface area contributed by atoms with Crippen LogP contribution in [0, 0.1) is 0 Å². The van der Waals surface area contributed by atoms with Crippen LogP contribution in [0.5, 0.6) is 0 Å². The van der Waals surface area contributed by atoms with Crippen LogP contribution in [-0.2, 0) is 20.0 Å². The van der Waals surface area contributed by atoms with Crippen molar-refractivity contribution in [2.75, 3.05) is 7.05 Å². The number of rotatable bonds is 6. The molecule has 6 heteroatoms. The SMILES string of the molecule is CCc1ccc(-c2nn(-c3ccccc3)cc2C(=O)N(C)Cc2cnn(C)c2)cc1. The summed E-state index contributed by atoms with van der Waals surface area (Å²) in [4.78, 5) is 15.1. The van der Waals surface area contributed by atoms with Crippen molar-refractivity contribution in [1.82, 2.24) is 24.5 Å². The van der Waals surface area contributed by atoms with Gasteiger partial charge < -0.3 is 4.90 Å². The summed E-state index contributed by atoms with van der Waals surface area (Å²) in [5.74, 6) is -0.0735. The molecule has 0 saturated heterocycles. The summed E-state index contributed by atoms with van der Waals surface area (Å²) in [7, 11) is 3.67. The number of carbonyl (C=O) groups is 1. The number of aryl methyl sites for hydroxylation is 2. The first-order valence-electron chi connectivity index (χ1n) is 10.0. The molecule has 0 saturated carbocycles. The number of amides is 1. The first-order chi connectivity index (χ1) is 14.5. The molecule has 0 radical (unpaired) electrons. The van der Waals surface area contributed by atoms with Crippen LogP contribution in [0.2, 0.25) is 0 Å². The van der Waals surface area contributed by atoms with E-state index in [9.17, 15) is 4.79 Å². The van der Waals surface area contributed by atoms with E-state index in [4.69, 9.17) is 5.10 Å². The van der Waals surface area contributed by atoms with Crippen molar-refractivity contribution in [3.05, 3.63) is 89.9 Å². The lowest BCUT2D eigenvalue weighted by Crippen LogP contribution is -2.26. The molecule has 4 rings (SSSR count). The van der Waals surface area contributed by atoms with Gasteiger partial charge in [0.25, 0.3) is 5.91 Å². The predicted molar refractivity (Wildman–Crippen MR) is 117 cm³/mol. The third kappa shape index (κ3) is 4.03. The van der Waals surface area contributed by atoms with Gasteiger partial charge in [0.1, 0.15) is 5.69 Å². The van der Waals surface area contributed by atoms with Gasteiger partial charge in [0.15, 0.2) is 0 Å². The highest BCUT2D eigenvalue weighted by molar-refractivity contribution is 5.99. The van der Waals surface area contributed by atoms with Crippen molar-refractivity contribution in [3.63, 3.8) is 0 Å². The Morgan fingerprint density at radius 2 is 1.73 bits per heavy atom. The van der Waals surface area contributed by atoms with Crippen molar-refractivity contribution in [3.8, 4) is 16.9 Å². The molecule has 30 heavy (non-hydrogen) atoms. The second-order valence-electron chi connectivity index (χ2n) is 7.41. The average molecular weight is 399 g/mol. The molecule has 0 aliphatic heterocycles. The Balaban J connectivity index is 1.72. The Hall–Kier alpha value is -3.67. The molecule has 0 atom stereocenters. The van der Waals surface area contributed by atoms with Crippen LogP contribution in [0.25, 0.3) is 16.9 Å². The Labute approximate surface area is 176 Å². The molecule has 0 aliphatic carbocycles. The van der Waals surface area contributed by atoms with Crippen LogP contribution < -0.4 is 0 Å². The van der Waals surface area contributed by atoms with Gasteiger partial charge in [0, 0.05) is 44.2 Å². The average Bonchev–Trinajstić information content (AvgIpc) is 3.40. The summed E-state index contributed by atoms with van der Waals surface area (Å²) in [6.07, 6.45) is 6.49. The van der Waals surface area contributed by atoms with Gasteiger partial charge in [-0.15, -0.1) is 0 Å². The van der Waals surface area contributed by atoms with Crippen molar-refractivity contribution >= 4 is 5.91 Å². The molecule has 1 amide bonds. The molecule has 2 aromatic heterocycles. The topological polar surface area (TPSA) is 56.0 Å². The molecule has 0 spiro atoms. The van der Waals surface area contributed by atoms with E-state index in [1.807, 2.05) is 61.9 Å². The minimum atomic E-state index is -0.0735. The Morgan fingerprint density at radius 3 is 2.37 bits per heavy atom. The van der Waals surface area contributed by atoms with Gasteiger partial charge in [-0.2, -0.15) is 10.2 Å². The summed E-state index contributed by atoms with van der Waals surface area (Å²) in [5, 5.41) is 8.96. The highest BCUT2D eigenvalue weighted by atomic mass is 16.2. The van der Waals surface area contributed by atoms with Crippen LogP contribution in [-0.4, -0.2) is 37.4 Å². The number of aromatic nitrogens is 4. The van der Waals surface area contributed by atoms with E-state index in [0.717, 1.165) is 23.2 Å². The van der Waals surface area contributed by atoms with E-state index in [1.165, 1.54) is 5.56 Å². The second kappa shape index (κ2) is 8.37. The third-order valence-electron chi connectivity index (χ3n) is 5.13. The van der Waals surface area contributed by atoms with Crippen LogP contribution >= 0.6 is 0 Å². The summed E-state index contributed by atoms with van der Waals surface area (Å²) in [5.41, 5.74) is 5.34. The fourth-order valence-electron chi connectivity index (χ4n) is 3.46. The zero-order chi connectivity index (χ0) is 21.1. The molecule has 2 heterocycles. The summed E-state index contributed by atoms with van der Waals surface area (Å²) in [6, 6.07) is 18.1. The maximum atomic E-state index is 13.4. The zero-order valence-corrected chi connectivity index (χ0v) is 17.5. The highest BCUT2D eigenvalue weighted by Gasteiger charge is 2.22. The van der Waals surface area contributed by atoms with Crippen LogP contribution in [0.1, 0.15) is 28.4 Å². The maximum Gasteiger partial charge on any atom is 0.257 e. The van der Waals surface area contributed by atoms with Crippen LogP contribution in [0.4, 0.5) is 0 Å². The molecule has 0 N–H and O–H groups in total. The van der Waals surface area contributed by atoms with Gasteiger partial charge in [-0.1, -0.05) is 49.4 Å². The van der Waals surface area contributed by atoms with E-state index in [1.54, 1.807) is 27.5 Å². The van der Waals surface area contributed by atoms with Crippen molar-refractivity contribution in [1.29, 1.82) is 0 Å². The number of carbonyl (C=O) groups excluding carboxylic acids is 1. The molecule has 152 valence electrons. The molecule has 0 bridgehead atoms. The number of nitrogens with zero attached hydrogens (tertiary/aromatic N) is 5. The van der Waals surface area contributed by atoms with Crippen molar-refractivity contribution in [2.45, 2.75) is 19.9 Å². The van der Waals surface area contributed by atoms with Gasteiger partial charge in [-0.25, -0.2) is 4.68 Å². The molecule has 0 fully saturated rings. The van der Waals surface area contributed by atoms with Crippen LogP contribution in [0.3, 0.4) is 0 Å². The summed E-state index contributed by atoms with van der Waals surface area (Å²) in [6.45, 7) is 2.61. The minimum Gasteiger partial charge on any atom is -0.337 e. The fraction of sp³-hybridized carbons (Fsp3) is 0.208. The lowest BCUT2D eigenvalue weighted by molar-refractivity contribution is 0.0786. The number of para-hydroxylation sites is 1. The molecule has 0 unspecified atom stereocenters. The number of hydrogen-bond acceptors (Lipinski definition) is 3. The first-order valence-corrected chi connectivity index (χ1v) is 10.0. The third-order valence-corrected chi connectivity index (χ3v) is 5.13. The normalized spacial score (nSPS) is 10.9. The number of benzene rings is 2. The smallest absolute Gasteiger partial charge is 0.257 e. The van der Waals surface area contributed by atoms with Gasteiger partial charge in [-0.05, 0) is 24.1 Å². The van der Waals surface area contributed by atoms with Gasteiger partial charge >= 0.3 is 0 Å². The van der Waals surface area contributed by atoms with Gasteiger partial charge in [-0.3, -0.25) is 9.48 Å². The molecule has 6 nitrogen and oxygen atoms in total. The fourth-order valence-corrected chi connectivity index (χ4v) is 3.46. The Morgan fingerprint density at radius 1 is 1.00 bits per heavy atom. The first kappa shape index (κ1) is 19.6. The van der Waals surface area contributed by atoms with E-state index in [0.29, 0.717) is 17.8 Å². The Bertz CT molecular complexity index is 1140. The standard InChI is InChI=1S/C24H25N5O/c1-4-18-10-12-20(13-11-18)23-22(17-29(26-23)21-8-6-5-7-9-21)24(30)27(2)15-19-14-25-28(3)16-19/h5-14,16-17H,4,15H2,1-3H3. The summed E-state index contributed by atoms with van der Waals surface area (Å²) >= 11 is 0. The minimum absolute atomic E-state index is 0.0735. The highest BCUT2D eigenvalue weighted by Crippen LogP contribution is 2.26. The van der Waals surface area contributed by atoms with E-state index >= 15 is 0 Å². The maximum absolute atomic E-state index is 13.4. The molecule has 0 aliphatic rings. The molecular weight excluding hydrogens is 374 g/mol. The largest absolute Gasteiger partial charge is 0.337 e. The van der Waals surface area contributed by atoms with Crippen molar-refractivity contribution in [2.24, 2.45) is 7.05 Å². The van der Waals surface area contributed by atoms with Crippen molar-refractivity contribution < 1.29 is 4.79 Å². The second-order valence-corrected chi connectivity index (χ2v) is 7.41. The van der Waals surface area contributed by atoms with E-state index in [2.05, 4.69) is 24.2 Å². The number of hydrogen-bond donors (Lipinski definition) is 0. The molecular formula is C24H25N5O. The summed E-state index contributed by atoms with van der Waals surface area (Å²) < 4.78 is 3.51. The lowest BCUT2D eigenvalue weighted by atomic mass is 10.0.